The van der Waals surface area contributed by atoms with Gasteiger partial charge in [0.25, 0.3) is 0 Å². The van der Waals surface area contributed by atoms with Gasteiger partial charge >= 0.3 is 0 Å². The fourth-order valence-electron chi connectivity index (χ4n) is 2.09. The van der Waals surface area contributed by atoms with E-state index in [2.05, 4.69) is 9.97 Å². The Morgan fingerprint density at radius 1 is 1.05 bits per heavy atom. The minimum absolute atomic E-state index is 0.260. The van der Waals surface area contributed by atoms with Crippen LogP contribution in [-0.2, 0) is 6.54 Å². The molecule has 5 nitrogen and oxygen atoms in total. The second-order valence-electron chi connectivity index (χ2n) is 4.54. The highest BCUT2D eigenvalue weighted by molar-refractivity contribution is 5.72. The van der Waals surface area contributed by atoms with Gasteiger partial charge in [0, 0.05) is 30.2 Å². The highest BCUT2D eigenvalue weighted by Crippen LogP contribution is 2.25. The van der Waals surface area contributed by atoms with Gasteiger partial charge in [0.15, 0.2) is 0 Å². The summed E-state index contributed by atoms with van der Waals surface area (Å²) in [6.07, 6.45) is 6.93. The molecule has 0 aliphatic carbocycles. The predicted molar refractivity (Wildman–Crippen MR) is 77.1 cm³/mol. The van der Waals surface area contributed by atoms with Crippen LogP contribution in [0.25, 0.3) is 11.3 Å². The van der Waals surface area contributed by atoms with E-state index in [1.54, 1.807) is 43.1 Å². The summed E-state index contributed by atoms with van der Waals surface area (Å²) in [6.45, 7) is 0.657. The maximum Gasteiger partial charge on any atom is 0.115 e. The van der Waals surface area contributed by atoms with Crippen LogP contribution in [0.15, 0.2) is 55.2 Å². The second-order valence-corrected chi connectivity index (χ2v) is 4.54. The number of benzene rings is 1. The third kappa shape index (κ3) is 2.33. The zero-order valence-electron chi connectivity index (χ0n) is 10.8. The number of rotatable bonds is 3. The summed E-state index contributed by atoms with van der Waals surface area (Å²) in [7, 11) is 0. The van der Waals surface area contributed by atoms with E-state index in [0.29, 0.717) is 12.2 Å². The number of phenolic OH excluding ortho intramolecular Hbond substituents is 1. The van der Waals surface area contributed by atoms with Crippen LogP contribution in [0, 0.1) is 0 Å². The van der Waals surface area contributed by atoms with Crippen molar-refractivity contribution in [2.24, 2.45) is 0 Å². The Hall–Kier alpha value is -2.82. The summed E-state index contributed by atoms with van der Waals surface area (Å²) < 4.78 is 2.00. The van der Waals surface area contributed by atoms with Gasteiger partial charge in [-0.25, -0.2) is 4.98 Å². The molecule has 3 aromatic rings. The zero-order chi connectivity index (χ0) is 13.9. The summed E-state index contributed by atoms with van der Waals surface area (Å²) >= 11 is 0. The molecule has 0 saturated carbocycles. The molecule has 0 radical (unpaired) electrons. The maximum atomic E-state index is 9.31. The van der Waals surface area contributed by atoms with Gasteiger partial charge in [-0.05, 0) is 23.8 Å². The first-order valence-electron chi connectivity index (χ1n) is 6.22. The fourth-order valence-corrected chi connectivity index (χ4v) is 2.09. The number of imidazole rings is 1. The average molecular weight is 266 g/mol. The molecule has 0 saturated heterocycles. The number of hydrogen-bond donors (Lipinski definition) is 2. The van der Waals surface area contributed by atoms with Crippen LogP contribution in [0.3, 0.4) is 0 Å². The summed E-state index contributed by atoms with van der Waals surface area (Å²) in [6, 6.07) is 8.87. The Morgan fingerprint density at radius 2 is 1.85 bits per heavy atom. The Labute approximate surface area is 116 Å². The van der Waals surface area contributed by atoms with Crippen molar-refractivity contribution in [2.45, 2.75) is 6.54 Å². The van der Waals surface area contributed by atoms with Gasteiger partial charge in [0.1, 0.15) is 5.75 Å². The number of aromatic nitrogens is 3. The molecule has 0 amide bonds. The van der Waals surface area contributed by atoms with Crippen molar-refractivity contribution >= 4 is 5.69 Å². The third-order valence-corrected chi connectivity index (χ3v) is 3.13. The molecular weight excluding hydrogens is 252 g/mol. The van der Waals surface area contributed by atoms with Crippen LogP contribution in [0.5, 0.6) is 5.75 Å². The number of nitrogen functional groups attached to an aromatic ring is 1. The van der Waals surface area contributed by atoms with Crippen molar-refractivity contribution < 1.29 is 5.11 Å². The fraction of sp³-hybridized carbons (Fsp3) is 0.0667. The highest BCUT2D eigenvalue weighted by atomic mass is 16.3. The maximum absolute atomic E-state index is 9.31. The van der Waals surface area contributed by atoms with Crippen LogP contribution >= 0.6 is 0 Å². The van der Waals surface area contributed by atoms with Crippen molar-refractivity contribution in [1.29, 1.82) is 0 Å². The third-order valence-electron chi connectivity index (χ3n) is 3.13. The van der Waals surface area contributed by atoms with Gasteiger partial charge in [-0.1, -0.05) is 12.1 Å². The first-order valence-corrected chi connectivity index (χ1v) is 6.22. The molecule has 3 N–H and O–H groups in total. The molecule has 0 aliphatic heterocycles. The van der Waals surface area contributed by atoms with E-state index in [4.69, 9.17) is 5.73 Å². The van der Waals surface area contributed by atoms with Crippen LogP contribution in [0.4, 0.5) is 5.69 Å². The first-order chi connectivity index (χ1) is 9.74. The number of aromatic hydroxyl groups is 1. The Balaban J connectivity index is 1.95. The Kier molecular flexibility index (Phi) is 3.09. The summed E-state index contributed by atoms with van der Waals surface area (Å²) in [5.41, 5.74) is 9.51. The monoisotopic (exact) mass is 266 g/mol. The van der Waals surface area contributed by atoms with Crippen LogP contribution in [0.2, 0.25) is 0 Å². The molecule has 0 fully saturated rings. The number of nitrogens with two attached hydrogens (primary N) is 1. The normalized spacial score (nSPS) is 10.6. The van der Waals surface area contributed by atoms with Gasteiger partial charge in [-0.3, -0.25) is 4.98 Å². The molecule has 100 valence electrons. The number of anilines is 1. The zero-order valence-corrected chi connectivity index (χ0v) is 10.8. The van der Waals surface area contributed by atoms with Crippen molar-refractivity contribution in [1.82, 2.24) is 14.5 Å². The summed E-state index contributed by atoms with van der Waals surface area (Å²) in [5, 5.41) is 9.31. The largest absolute Gasteiger partial charge is 0.508 e. The van der Waals surface area contributed by atoms with E-state index >= 15 is 0 Å². The number of nitrogens with zero attached hydrogens (tertiary/aromatic N) is 3. The van der Waals surface area contributed by atoms with E-state index in [9.17, 15) is 5.11 Å². The topological polar surface area (TPSA) is 77.0 Å². The number of pyridine rings is 1. The van der Waals surface area contributed by atoms with Gasteiger partial charge in [0.05, 0.1) is 18.2 Å². The highest BCUT2D eigenvalue weighted by Gasteiger charge is 2.08. The minimum Gasteiger partial charge on any atom is -0.508 e. The lowest BCUT2D eigenvalue weighted by atomic mass is 10.1. The number of hydrogen-bond acceptors (Lipinski definition) is 4. The first kappa shape index (κ1) is 12.2. The van der Waals surface area contributed by atoms with Gasteiger partial charge in [-0.15, -0.1) is 0 Å². The molecule has 0 unspecified atom stereocenters. The lowest BCUT2D eigenvalue weighted by Gasteiger charge is -2.10. The van der Waals surface area contributed by atoms with Gasteiger partial charge in [-0.2, -0.15) is 0 Å². The molecular formula is C15H14N4O. The van der Waals surface area contributed by atoms with Crippen LogP contribution < -0.4 is 5.73 Å². The average Bonchev–Trinajstić information content (AvgIpc) is 2.90. The molecule has 0 aliphatic rings. The van der Waals surface area contributed by atoms with Crippen molar-refractivity contribution in [3.8, 4) is 17.0 Å². The van der Waals surface area contributed by atoms with E-state index in [1.165, 1.54) is 0 Å². The molecule has 20 heavy (non-hydrogen) atoms. The molecule has 0 bridgehead atoms. The van der Waals surface area contributed by atoms with Crippen molar-refractivity contribution in [2.75, 3.05) is 5.73 Å². The number of phenols is 1. The summed E-state index contributed by atoms with van der Waals surface area (Å²) in [4.78, 5) is 8.29. The van der Waals surface area contributed by atoms with Crippen LogP contribution in [-0.4, -0.2) is 19.6 Å². The predicted octanol–water partition coefficient (Wildman–Crippen LogP) is 2.28. The van der Waals surface area contributed by atoms with Gasteiger partial charge < -0.3 is 15.4 Å². The minimum atomic E-state index is 0.260. The Morgan fingerprint density at radius 3 is 2.60 bits per heavy atom. The van der Waals surface area contributed by atoms with Crippen molar-refractivity contribution in [3.63, 3.8) is 0 Å². The SMILES string of the molecule is Nc1ccncc1-c1cncn1Cc1ccc(O)cc1. The van der Waals surface area contributed by atoms with Crippen LogP contribution in [0.1, 0.15) is 5.56 Å². The van der Waals surface area contributed by atoms with E-state index in [-0.39, 0.29) is 5.75 Å². The molecule has 3 rings (SSSR count). The molecule has 5 heteroatoms. The molecule has 0 spiro atoms. The molecule has 1 aromatic carbocycles. The molecule has 2 heterocycles. The van der Waals surface area contributed by atoms with E-state index < -0.39 is 0 Å². The van der Waals surface area contributed by atoms with Crippen molar-refractivity contribution in [3.05, 3.63) is 60.8 Å². The van der Waals surface area contributed by atoms with E-state index in [0.717, 1.165) is 16.8 Å². The quantitative estimate of drug-likeness (QED) is 0.762. The lowest BCUT2D eigenvalue weighted by molar-refractivity contribution is 0.475. The smallest absolute Gasteiger partial charge is 0.115 e. The summed E-state index contributed by atoms with van der Waals surface area (Å²) in [5.74, 6) is 0.260. The van der Waals surface area contributed by atoms with E-state index in [1.807, 2.05) is 16.7 Å². The second kappa shape index (κ2) is 5.05. The standard InChI is InChI=1S/C15H14N4O/c16-14-5-6-17-7-13(14)15-8-18-10-19(15)9-11-1-3-12(20)4-2-11/h1-8,10,20H,9H2,(H2,16,17). The molecule has 2 aromatic heterocycles. The Bertz CT molecular complexity index is 719. The lowest BCUT2D eigenvalue weighted by Crippen LogP contribution is -2.02. The van der Waals surface area contributed by atoms with Gasteiger partial charge in [0.2, 0.25) is 0 Å². The molecule has 0 atom stereocenters.